The van der Waals surface area contributed by atoms with Crippen LogP contribution in [0.3, 0.4) is 0 Å². The molecule has 254 valence electrons. The van der Waals surface area contributed by atoms with E-state index in [9.17, 15) is 36.6 Å². The molecule has 12 heteroatoms. The van der Waals surface area contributed by atoms with Crippen molar-refractivity contribution in [3.05, 3.63) is 94.3 Å². The summed E-state index contributed by atoms with van der Waals surface area (Å²) in [7, 11) is 0. The van der Waals surface area contributed by atoms with Crippen molar-refractivity contribution in [2.45, 2.75) is 95.2 Å². The van der Waals surface area contributed by atoms with E-state index in [2.05, 4.69) is 24.5 Å². The molecule has 0 unspecified atom stereocenters. The number of aliphatic hydroxyl groups is 1. The smallest absolute Gasteiger partial charge is 0.390 e. The highest BCUT2D eigenvalue weighted by Crippen LogP contribution is 2.46. The highest BCUT2D eigenvalue weighted by atomic mass is 19.4. The molecule has 1 saturated carbocycles. The molecule has 5 rings (SSSR count). The molecular weight excluding hydrogens is 619 g/mol. The normalized spacial score (nSPS) is 17.0. The molecule has 1 fully saturated rings. The summed E-state index contributed by atoms with van der Waals surface area (Å²) in [5.41, 5.74) is -0.305. The van der Waals surface area contributed by atoms with Gasteiger partial charge in [-0.1, -0.05) is 38.8 Å². The van der Waals surface area contributed by atoms with Crippen LogP contribution in [0.4, 0.5) is 22.0 Å². The summed E-state index contributed by atoms with van der Waals surface area (Å²) < 4.78 is 69.9. The molecule has 1 aliphatic heterocycles. The van der Waals surface area contributed by atoms with Crippen LogP contribution in [0, 0.1) is 11.6 Å². The number of amides is 2. The number of nitrogens with zero attached hydrogens (tertiary/aromatic N) is 2. The molecule has 0 bridgehead atoms. The number of carbonyl (C=O) groups excluding carboxylic acids is 2. The number of hydrogen-bond acceptors (Lipinski definition) is 4. The molecular formula is C35H41F5N4O3. The number of halogens is 5. The Balaban J connectivity index is 1.34. The van der Waals surface area contributed by atoms with Crippen LogP contribution in [0.5, 0.6) is 0 Å². The maximum atomic E-state index is 14.1. The maximum Gasteiger partial charge on any atom is 0.416 e. The van der Waals surface area contributed by atoms with Crippen molar-refractivity contribution >= 4 is 11.8 Å². The van der Waals surface area contributed by atoms with Gasteiger partial charge < -0.3 is 25.2 Å². The van der Waals surface area contributed by atoms with E-state index in [0.29, 0.717) is 37.2 Å². The van der Waals surface area contributed by atoms with Crippen molar-refractivity contribution in [2.24, 2.45) is 0 Å². The van der Waals surface area contributed by atoms with Crippen molar-refractivity contribution in [1.29, 1.82) is 0 Å². The Kier molecular flexibility index (Phi) is 10.4. The van der Waals surface area contributed by atoms with E-state index in [-0.39, 0.29) is 36.2 Å². The number of alkyl halides is 3. The topological polar surface area (TPSA) is 86.6 Å². The van der Waals surface area contributed by atoms with Gasteiger partial charge in [0.1, 0.15) is 23.0 Å². The SMILES string of the molecule is CCCC(CCC)N1CCn2c(C(=O)N[C@@H](Cc3cc(F)cc(F)c3)[C@H](O)CNC3(c4cccc(C(F)(F)F)c4)CC3)ccc2C1=O. The molecule has 1 aromatic heterocycles. The van der Waals surface area contributed by atoms with E-state index < -0.39 is 47.0 Å². The molecule has 7 nitrogen and oxygen atoms in total. The lowest BCUT2D eigenvalue weighted by Crippen LogP contribution is -2.51. The summed E-state index contributed by atoms with van der Waals surface area (Å²) >= 11 is 0. The Morgan fingerprint density at radius 3 is 2.28 bits per heavy atom. The van der Waals surface area contributed by atoms with Gasteiger partial charge in [0.05, 0.1) is 17.7 Å². The van der Waals surface area contributed by atoms with Gasteiger partial charge in [0, 0.05) is 37.3 Å². The monoisotopic (exact) mass is 660 g/mol. The van der Waals surface area contributed by atoms with Crippen LogP contribution in [0.25, 0.3) is 0 Å². The van der Waals surface area contributed by atoms with Crippen molar-refractivity contribution < 1.29 is 36.6 Å². The first-order valence-electron chi connectivity index (χ1n) is 16.2. The van der Waals surface area contributed by atoms with Crippen LogP contribution >= 0.6 is 0 Å². The first kappa shape index (κ1) is 34.6. The van der Waals surface area contributed by atoms with Crippen molar-refractivity contribution in [2.75, 3.05) is 13.1 Å². The molecule has 1 aliphatic carbocycles. The van der Waals surface area contributed by atoms with Gasteiger partial charge in [-0.05, 0) is 79.6 Å². The van der Waals surface area contributed by atoms with Crippen molar-refractivity contribution in [1.82, 2.24) is 20.1 Å². The van der Waals surface area contributed by atoms with Crippen LogP contribution in [-0.2, 0) is 24.7 Å². The van der Waals surface area contributed by atoms with Gasteiger partial charge in [-0.25, -0.2) is 8.78 Å². The molecule has 0 radical (unpaired) electrons. The molecule has 2 heterocycles. The Morgan fingerprint density at radius 2 is 1.66 bits per heavy atom. The molecule has 2 aromatic carbocycles. The highest BCUT2D eigenvalue weighted by Gasteiger charge is 2.45. The average Bonchev–Trinajstić information content (AvgIpc) is 3.68. The largest absolute Gasteiger partial charge is 0.416 e. The van der Waals surface area contributed by atoms with E-state index in [4.69, 9.17) is 0 Å². The first-order valence-corrected chi connectivity index (χ1v) is 16.2. The van der Waals surface area contributed by atoms with Gasteiger partial charge in [0.15, 0.2) is 0 Å². The number of nitrogens with one attached hydrogen (secondary N) is 2. The average molecular weight is 661 g/mol. The van der Waals surface area contributed by atoms with E-state index in [1.165, 1.54) is 6.07 Å². The molecule has 3 N–H and O–H groups in total. The minimum absolute atomic E-state index is 0.114. The summed E-state index contributed by atoms with van der Waals surface area (Å²) in [5.74, 6) is -2.35. The number of aliphatic hydroxyl groups excluding tert-OH is 1. The van der Waals surface area contributed by atoms with Crippen LogP contribution in [0.1, 0.15) is 90.0 Å². The van der Waals surface area contributed by atoms with Gasteiger partial charge >= 0.3 is 6.18 Å². The van der Waals surface area contributed by atoms with Crippen LogP contribution in [0.15, 0.2) is 54.6 Å². The zero-order chi connectivity index (χ0) is 33.9. The highest BCUT2D eigenvalue weighted by molar-refractivity contribution is 5.99. The summed E-state index contributed by atoms with van der Waals surface area (Å²) in [6.45, 7) is 4.90. The second-order valence-electron chi connectivity index (χ2n) is 12.7. The second kappa shape index (κ2) is 14.1. The van der Waals surface area contributed by atoms with E-state index in [1.54, 1.807) is 22.8 Å². The fourth-order valence-corrected chi connectivity index (χ4v) is 6.66. The molecule has 3 aromatic rings. The third-order valence-electron chi connectivity index (χ3n) is 9.24. The second-order valence-corrected chi connectivity index (χ2v) is 12.7. The minimum Gasteiger partial charge on any atom is -0.390 e. The molecule has 0 saturated heterocycles. The fraction of sp³-hybridized carbons (Fsp3) is 0.486. The molecule has 2 aliphatic rings. The fourth-order valence-electron chi connectivity index (χ4n) is 6.66. The number of carbonyl (C=O) groups is 2. The third kappa shape index (κ3) is 7.86. The number of benzene rings is 2. The summed E-state index contributed by atoms with van der Waals surface area (Å²) in [4.78, 5) is 29.0. The summed E-state index contributed by atoms with van der Waals surface area (Å²) in [5, 5.41) is 17.3. The van der Waals surface area contributed by atoms with Crippen molar-refractivity contribution in [3.8, 4) is 0 Å². The van der Waals surface area contributed by atoms with E-state index in [1.807, 2.05) is 4.90 Å². The standard InChI is InChI=1S/C35H41F5N4O3/c1-3-6-27(7-4-2)43-14-15-44-29(10-11-30(44)33(43)47)32(46)42-28(18-22-16-25(36)20-26(37)17-22)31(45)21-41-34(12-13-34)23-8-5-9-24(19-23)35(38,39)40/h5,8-11,16-17,19-20,27-28,31,41,45H,3-4,6-7,12-15,18,21H2,1-2H3,(H,42,46)/t28-,31+/m0/s1. The number of aromatic nitrogens is 1. The van der Waals surface area contributed by atoms with Gasteiger partial charge in [-0.15, -0.1) is 0 Å². The van der Waals surface area contributed by atoms with Crippen molar-refractivity contribution in [3.63, 3.8) is 0 Å². The number of hydrogen-bond donors (Lipinski definition) is 3. The maximum absolute atomic E-state index is 14.1. The summed E-state index contributed by atoms with van der Waals surface area (Å²) in [6.07, 6.45) is -1.17. The van der Waals surface area contributed by atoms with Crippen LogP contribution < -0.4 is 10.6 Å². The zero-order valence-corrected chi connectivity index (χ0v) is 26.5. The predicted octanol–water partition coefficient (Wildman–Crippen LogP) is 6.19. The third-order valence-corrected chi connectivity index (χ3v) is 9.24. The number of rotatable bonds is 14. The first-order chi connectivity index (χ1) is 22.3. The number of fused-ring (bicyclic) bond motifs is 1. The Bertz CT molecular complexity index is 1560. The van der Waals surface area contributed by atoms with E-state index >= 15 is 0 Å². The van der Waals surface area contributed by atoms with Crippen LogP contribution in [0.2, 0.25) is 0 Å². The Hall–Kier alpha value is -3.77. The molecule has 2 amide bonds. The summed E-state index contributed by atoms with van der Waals surface area (Å²) in [6, 6.07) is 10.2. The van der Waals surface area contributed by atoms with Gasteiger partial charge in [0.25, 0.3) is 11.8 Å². The zero-order valence-electron chi connectivity index (χ0n) is 26.5. The quantitative estimate of drug-likeness (QED) is 0.180. The lowest BCUT2D eigenvalue weighted by molar-refractivity contribution is -0.137. The molecule has 0 spiro atoms. The Labute approximate surface area is 271 Å². The van der Waals surface area contributed by atoms with Crippen LogP contribution in [-0.4, -0.2) is 57.7 Å². The molecule has 47 heavy (non-hydrogen) atoms. The lowest BCUT2D eigenvalue weighted by atomic mass is 9.98. The van der Waals surface area contributed by atoms with Gasteiger partial charge in [0.2, 0.25) is 0 Å². The van der Waals surface area contributed by atoms with E-state index in [0.717, 1.165) is 56.0 Å². The van der Waals surface area contributed by atoms with Gasteiger partial charge in [-0.3, -0.25) is 9.59 Å². The predicted molar refractivity (Wildman–Crippen MR) is 167 cm³/mol. The van der Waals surface area contributed by atoms with Gasteiger partial charge in [-0.2, -0.15) is 13.2 Å². The Morgan fingerprint density at radius 1 is 0.979 bits per heavy atom. The lowest BCUT2D eigenvalue weighted by Gasteiger charge is -2.36. The molecule has 2 atom stereocenters. The minimum atomic E-state index is -4.51.